The van der Waals surface area contributed by atoms with Gasteiger partial charge in [-0.15, -0.1) is 11.6 Å². The molecule has 3 aromatic heterocycles. The molecule has 80 valence electrons. The van der Waals surface area contributed by atoms with Crippen LogP contribution in [0.4, 0.5) is 0 Å². The van der Waals surface area contributed by atoms with E-state index in [2.05, 4.69) is 15.2 Å². The SMILES string of the molecule is ClCc1nc(-c2cnn3ccccc23)no1. The molecule has 0 radical (unpaired) electrons. The molecule has 0 saturated heterocycles. The highest BCUT2D eigenvalue weighted by molar-refractivity contribution is 6.16. The molecule has 6 heteroatoms. The van der Waals surface area contributed by atoms with Crippen molar-refractivity contribution in [2.75, 3.05) is 0 Å². The van der Waals surface area contributed by atoms with Gasteiger partial charge in [-0.2, -0.15) is 10.1 Å². The predicted octanol–water partition coefficient (Wildman–Crippen LogP) is 2.12. The molecule has 0 bridgehead atoms. The lowest BCUT2D eigenvalue weighted by Gasteiger charge is -1.91. The fourth-order valence-electron chi connectivity index (χ4n) is 1.53. The molecule has 0 saturated carbocycles. The Morgan fingerprint density at radius 1 is 1.38 bits per heavy atom. The van der Waals surface area contributed by atoms with E-state index in [1.54, 1.807) is 10.7 Å². The molecule has 0 aliphatic heterocycles. The van der Waals surface area contributed by atoms with E-state index in [1.165, 1.54) is 0 Å². The minimum atomic E-state index is 0.214. The van der Waals surface area contributed by atoms with Gasteiger partial charge in [0, 0.05) is 6.20 Å². The zero-order chi connectivity index (χ0) is 11.0. The normalized spacial score (nSPS) is 11.1. The standard InChI is InChI=1S/C10H7ClN4O/c11-5-9-13-10(14-16-9)7-6-12-15-4-2-1-3-8(7)15/h1-4,6H,5H2. The highest BCUT2D eigenvalue weighted by atomic mass is 35.5. The number of hydrogen-bond acceptors (Lipinski definition) is 4. The van der Waals surface area contributed by atoms with Gasteiger partial charge < -0.3 is 4.52 Å². The summed E-state index contributed by atoms with van der Waals surface area (Å²) in [5.74, 6) is 1.13. The van der Waals surface area contributed by atoms with Crippen molar-refractivity contribution in [3.05, 3.63) is 36.5 Å². The van der Waals surface area contributed by atoms with Crippen LogP contribution < -0.4 is 0 Å². The molecule has 0 amide bonds. The van der Waals surface area contributed by atoms with Gasteiger partial charge in [-0.1, -0.05) is 11.2 Å². The van der Waals surface area contributed by atoms with E-state index in [0.29, 0.717) is 11.7 Å². The van der Waals surface area contributed by atoms with Gasteiger partial charge in [0.25, 0.3) is 0 Å². The van der Waals surface area contributed by atoms with Crippen LogP contribution in [0.5, 0.6) is 0 Å². The molecule has 0 N–H and O–H groups in total. The van der Waals surface area contributed by atoms with Crippen molar-refractivity contribution in [1.82, 2.24) is 19.8 Å². The van der Waals surface area contributed by atoms with Crippen molar-refractivity contribution < 1.29 is 4.52 Å². The average molecular weight is 235 g/mol. The second-order valence-electron chi connectivity index (χ2n) is 3.23. The Morgan fingerprint density at radius 2 is 2.31 bits per heavy atom. The summed E-state index contributed by atoms with van der Waals surface area (Å²) in [5, 5.41) is 8.05. The van der Waals surface area contributed by atoms with E-state index < -0.39 is 0 Å². The summed E-state index contributed by atoms with van der Waals surface area (Å²) in [6.45, 7) is 0. The maximum atomic E-state index is 5.60. The Balaban J connectivity index is 2.18. The van der Waals surface area contributed by atoms with Crippen molar-refractivity contribution >= 4 is 17.1 Å². The maximum Gasteiger partial charge on any atom is 0.241 e. The summed E-state index contributed by atoms with van der Waals surface area (Å²) in [6, 6.07) is 5.78. The van der Waals surface area contributed by atoms with Gasteiger partial charge >= 0.3 is 0 Å². The highest BCUT2D eigenvalue weighted by Gasteiger charge is 2.12. The first-order valence-corrected chi connectivity index (χ1v) is 5.23. The zero-order valence-corrected chi connectivity index (χ0v) is 8.92. The Hall–Kier alpha value is -1.88. The van der Waals surface area contributed by atoms with E-state index in [9.17, 15) is 0 Å². The molecule has 0 aromatic carbocycles. The van der Waals surface area contributed by atoms with Gasteiger partial charge in [-0.3, -0.25) is 0 Å². The van der Waals surface area contributed by atoms with Crippen molar-refractivity contribution in [3.8, 4) is 11.4 Å². The minimum Gasteiger partial charge on any atom is -0.338 e. The molecule has 3 aromatic rings. The third kappa shape index (κ3) is 1.37. The van der Waals surface area contributed by atoms with Crippen molar-refractivity contribution in [1.29, 1.82) is 0 Å². The fourth-order valence-corrected chi connectivity index (χ4v) is 1.63. The quantitative estimate of drug-likeness (QED) is 0.638. The third-order valence-corrected chi connectivity index (χ3v) is 2.48. The van der Waals surface area contributed by atoms with Crippen molar-refractivity contribution in [3.63, 3.8) is 0 Å². The molecule has 0 unspecified atom stereocenters. The molecule has 0 atom stereocenters. The lowest BCUT2D eigenvalue weighted by Crippen LogP contribution is -1.84. The van der Waals surface area contributed by atoms with Crippen LogP contribution in [0.25, 0.3) is 16.9 Å². The Labute approximate surface area is 95.6 Å². The molecular formula is C10H7ClN4O. The number of hydrogen-bond donors (Lipinski definition) is 0. The molecule has 3 rings (SSSR count). The van der Waals surface area contributed by atoms with Gasteiger partial charge in [0.2, 0.25) is 11.7 Å². The average Bonchev–Trinajstić information content (AvgIpc) is 2.94. The summed E-state index contributed by atoms with van der Waals surface area (Å²) in [7, 11) is 0. The monoisotopic (exact) mass is 234 g/mol. The number of nitrogens with zero attached hydrogens (tertiary/aromatic N) is 4. The highest BCUT2D eigenvalue weighted by Crippen LogP contribution is 2.21. The number of alkyl halides is 1. The molecule has 0 spiro atoms. The predicted molar refractivity (Wildman–Crippen MR) is 58.0 cm³/mol. The first-order chi connectivity index (χ1) is 7.88. The van der Waals surface area contributed by atoms with Crippen molar-refractivity contribution in [2.24, 2.45) is 0 Å². The topological polar surface area (TPSA) is 56.2 Å². The van der Waals surface area contributed by atoms with Crippen LogP contribution in [0, 0.1) is 0 Å². The molecule has 0 fully saturated rings. The molecular weight excluding hydrogens is 228 g/mol. The summed E-state index contributed by atoms with van der Waals surface area (Å²) in [5.41, 5.74) is 1.77. The van der Waals surface area contributed by atoms with E-state index in [-0.39, 0.29) is 5.88 Å². The number of aromatic nitrogens is 4. The van der Waals surface area contributed by atoms with Crippen LogP contribution in [0.3, 0.4) is 0 Å². The lowest BCUT2D eigenvalue weighted by atomic mass is 10.2. The van der Waals surface area contributed by atoms with E-state index in [0.717, 1.165) is 11.1 Å². The van der Waals surface area contributed by atoms with E-state index in [1.807, 2.05) is 24.4 Å². The Bertz CT molecular complexity index is 630. The minimum absolute atomic E-state index is 0.214. The van der Waals surface area contributed by atoms with Crippen LogP contribution in [0.15, 0.2) is 35.1 Å². The number of rotatable bonds is 2. The molecule has 3 heterocycles. The maximum absolute atomic E-state index is 5.60. The second kappa shape index (κ2) is 3.61. The molecule has 5 nitrogen and oxygen atoms in total. The lowest BCUT2D eigenvalue weighted by molar-refractivity contribution is 0.391. The van der Waals surface area contributed by atoms with Gasteiger partial charge in [0.05, 0.1) is 17.3 Å². The molecule has 0 aliphatic rings. The number of halogens is 1. The summed E-state index contributed by atoms with van der Waals surface area (Å²) < 4.78 is 6.71. The number of pyridine rings is 1. The fraction of sp³-hybridized carbons (Fsp3) is 0.100. The largest absolute Gasteiger partial charge is 0.338 e. The second-order valence-corrected chi connectivity index (χ2v) is 3.50. The van der Waals surface area contributed by atoms with Crippen LogP contribution in [-0.4, -0.2) is 19.8 Å². The first kappa shape index (κ1) is 9.35. The van der Waals surface area contributed by atoms with E-state index >= 15 is 0 Å². The summed E-state index contributed by atoms with van der Waals surface area (Å²) >= 11 is 5.60. The number of fused-ring (bicyclic) bond motifs is 1. The van der Waals surface area contributed by atoms with E-state index in [4.69, 9.17) is 16.1 Å². The smallest absolute Gasteiger partial charge is 0.241 e. The Kier molecular flexibility index (Phi) is 2.11. The van der Waals surface area contributed by atoms with Gasteiger partial charge in [-0.05, 0) is 12.1 Å². The zero-order valence-electron chi connectivity index (χ0n) is 8.17. The molecule has 0 aliphatic carbocycles. The van der Waals surface area contributed by atoms with Crippen LogP contribution >= 0.6 is 11.6 Å². The summed E-state index contributed by atoms with van der Waals surface area (Å²) in [6.07, 6.45) is 3.57. The van der Waals surface area contributed by atoms with Crippen LogP contribution in [0.2, 0.25) is 0 Å². The van der Waals surface area contributed by atoms with Crippen LogP contribution in [-0.2, 0) is 5.88 Å². The van der Waals surface area contributed by atoms with Crippen molar-refractivity contribution in [2.45, 2.75) is 5.88 Å². The third-order valence-electron chi connectivity index (χ3n) is 2.25. The van der Waals surface area contributed by atoms with Gasteiger partial charge in [-0.25, -0.2) is 4.52 Å². The summed E-state index contributed by atoms with van der Waals surface area (Å²) in [4.78, 5) is 4.16. The van der Waals surface area contributed by atoms with Gasteiger partial charge in [0.1, 0.15) is 5.88 Å². The molecule has 16 heavy (non-hydrogen) atoms. The first-order valence-electron chi connectivity index (χ1n) is 4.70. The Morgan fingerprint density at radius 3 is 3.12 bits per heavy atom. The van der Waals surface area contributed by atoms with Gasteiger partial charge in [0.15, 0.2) is 0 Å². The van der Waals surface area contributed by atoms with Crippen LogP contribution in [0.1, 0.15) is 5.89 Å².